The lowest BCUT2D eigenvalue weighted by atomic mass is 9.92. The van der Waals surface area contributed by atoms with E-state index in [4.69, 9.17) is 37.4 Å². The van der Waals surface area contributed by atoms with Gasteiger partial charge in [0.15, 0.2) is 6.23 Å². The van der Waals surface area contributed by atoms with Crippen molar-refractivity contribution in [3.05, 3.63) is 92.8 Å². The Morgan fingerprint density at radius 2 is 1.79 bits per heavy atom. The maximum Gasteiger partial charge on any atom is 0.416 e. The number of hydrogen-bond donors (Lipinski definition) is 5. The molecule has 2 aliphatic heterocycles. The van der Waals surface area contributed by atoms with Crippen molar-refractivity contribution in [1.82, 2.24) is 24.9 Å². The second-order valence-electron chi connectivity index (χ2n) is 11.9. The van der Waals surface area contributed by atoms with E-state index in [0.29, 0.717) is 41.6 Å². The molecule has 1 amide bonds. The van der Waals surface area contributed by atoms with Crippen LogP contribution in [0.4, 0.5) is 4.79 Å². The van der Waals surface area contributed by atoms with Crippen LogP contribution in [0.2, 0.25) is 5.02 Å². The molecular formula is C33H33Cl2N5O8. The average Bonchev–Trinajstić information content (AvgIpc) is 3.72. The number of aliphatic hydroxyl groups is 4. The first-order chi connectivity index (χ1) is 23.2. The molecule has 4 aromatic rings. The van der Waals surface area contributed by atoms with Crippen molar-refractivity contribution < 1.29 is 39.4 Å². The van der Waals surface area contributed by atoms with E-state index in [0.717, 1.165) is 27.4 Å². The summed E-state index contributed by atoms with van der Waals surface area (Å²) in [5, 5.41) is 50.6. The van der Waals surface area contributed by atoms with Gasteiger partial charge in [0.1, 0.15) is 54.3 Å². The lowest BCUT2D eigenvalue weighted by molar-refractivity contribution is -0.254. The molecule has 15 heteroatoms. The van der Waals surface area contributed by atoms with E-state index in [-0.39, 0.29) is 12.0 Å². The predicted octanol–water partition coefficient (Wildman–Crippen LogP) is 1.53. The van der Waals surface area contributed by atoms with Crippen molar-refractivity contribution in [2.45, 2.75) is 61.5 Å². The van der Waals surface area contributed by atoms with Gasteiger partial charge in [-0.05, 0) is 60.4 Å². The lowest BCUT2D eigenvalue weighted by Crippen LogP contribution is -2.56. The molecular weight excluding hydrogens is 665 g/mol. The first kappa shape index (κ1) is 32.6. The van der Waals surface area contributed by atoms with Crippen LogP contribution in [0.15, 0.2) is 54.7 Å². The zero-order valence-electron chi connectivity index (χ0n) is 25.4. The summed E-state index contributed by atoms with van der Waals surface area (Å²) in [4.78, 5) is 18.8. The molecule has 48 heavy (non-hydrogen) atoms. The largest absolute Gasteiger partial charge is 0.487 e. The van der Waals surface area contributed by atoms with Gasteiger partial charge >= 0.3 is 6.09 Å². The van der Waals surface area contributed by atoms with Gasteiger partial charge in [-0.1, -0.05) is 41.1 Å². The molecule has 0 spiro atoms. The SMILES string of the molecule is O=C(Oc1ccc(Cl)cc1)N1CCc2c([nH]c3c2=CC(Cl)CC=3)[C@@H]1c1ccc(OCc2cn(C3OC(CO)C(O)C(O)C3O)nn2)cc1. The number of amides is 1. The number of aliphatic hydroxyl groups excluding tert-OH is 4. The highest BCUT2D eigenvalue weighted by Crippen LogP contribution is 2.35. The third kappa shape index (κ3) is 6.30. The number of alkyl halides is 1. The highest BCUT2D eigenvalue weighted by molar-refractivity contribution is 6.30. The third-order valence-electron chi connectivity index (χ3n) is 8.81. The molecule has 5 N–H and O–H groups in total. The maximum absolute atomic E-state index is 13.6. The second-order valence-corrected chi connectivity index (χ2v) is 12.9. The van der Waals surface area contributed by atoms with E-state index in [2.05, 4.69) is 27.4 Å². The molecule has 1 aliphatic carbocycles. The minimum absolute atomic E-state index is 0.0263. The summed E-state index contributed by atoms with van der Waals surface area (Å²) in [5.74, 6) is 0.920. The fraction of sp³-hybridized carbons (Fsp3) is 0.364. The van der Waals surface area contributed by atoms with E-state index in [9.17, 15) is 25.2 Å². The number of carbonyl (C=O) groups is 1. The topological polar surface area (TPSA) is 175 Å². The average molecular weight is 699 g/mol. The first-order valence-electron chi connectivity index (χ1n) is 15.4. The van der Waals surface area contributed by atoms with Crippen LogP contribution in [0.3, 0.4) is 0 Å². The van der Waals surface area contributed by atoms with E-state index < -0.39 is 49.4 Å². The summed E-state index contributed by atoms with van der Waals surface area (Å²) in [6.07, 6.45) is -0.261. The van der Waals surface area contributed by atoms with Gasteiger partial charge in [-0.3, -0.25) is 4.90 Å². The van der Waals surface area contributed by atoms with Crippen LogP contribution in [0.25, 0.3) is 12.2 Å². The van der Waals surface area contributed by atoms with E-state index in [1.54, 1.807) is 41.3 Å². The Morgan fingerprint density at radius 3 is 2.54 bits per heavy atom. The van der Waals surface area contributed by atoms with Crippen LogP contribution in [-0.4, -0.2) is 94.3 Å². The number of benzene rings is 2. The monoisotopic (exact) mass is 697 g/mol. The molecule has 4 heterocycles. The molecule has 2 aromatic heterocycles. The lowest BCUT2D eigenvalue weighted by Gasteiger charge is -2.39. The number of H-pyrrole nitrogens is 1. The van der Waals surface area contributed by atoms with Crippen LogP contribution in [-0.2, 0) is 17.8 Å². The fourth-order valence-electron chi connectivity index (χ4n) is 6.36. The molecule has 7 rings (SSSR count). The van der Waals surface area contributed by atoms with Crippen molar-refractivity contribution >= 4 is 41.4 Å². The molecule has 3 aliphatic rings. The van der Waals surface area contributed by atoms with Gasteiger partial charge in [0.25, 0.3) is 0 Å². The smallest absolute Gasteiger partial charge is 0.416 e. The van der Waals surface area contributed by atoms with Gasteiger partial charge in [-0.25, -0.2) is 9.48 Å². The number of fused-ring (bicyclic) bond motifs is 3. The van der Waals surface area contributed by atoms with Crippen LogP contribution in [0.1, 0.15) is 41.2 Å². The van der Waals surface area contributed by atoms with Gasteiger partial charge in [0.05, 0.1) is 18.2 Å². The molecule has 1 saturated heterocycles. The van der Waals surface area contributed by atoms with Crippen molar-refractivity contribution in [1.29, 1.82) is 0 Å². The Morgan fingerprint density at radius 1 is 1.04 bits per heavy atom. The highest BCUT2D eigenvalue weighted by Gasteiger charge is 2.44. The fourth-order valence-corrected chi connectivity index (χ4v) is 6.70. The first-order valence-corrected chi connectivity index (χ1v) is 16.3. The van der Waals surface area contributed by atoms with Gasteiger partial charge in [0, 0.05) is 27.8 Å². The maximum atomic E-state index is 13.6. The minimum atomic E-state index is -1.54. The number of aromatic amines is 1. The van der Waals surface area contributed by atoms with Gasteiger partial charge < -0.3 is 39.6 Å². The molecule has 7 atom stereocenters. The number of rotatable bonds is 7. The molecule has 6 unspecified atom stereocenters. The van der Waals surface area contributed by atoms with E-state index in [1.807, 2.05) is 12.1 Å². The summed E-state index contributed by atoms with van der Waals surface area (Å²) >= 11 is 12.5. The summed E-state index contributed by atoms with van der Waals surface area (Å²) in [7, 11) is 0. The van der Waals surface area contributed by atoms with Crippen molar-refractivity contribution in [3.63, 3.8) is 0 Å². The Kier molecular flexibility index (Phi) is 9.18. The number of hydrogen-bond acceptors (Lipinski definition) is 10. The number of carbonyl (C=O) groups excluding carboxylic acids is 1. The van der Waals surface area contributed by atoms with Crippen LogP contribution >= 0.6 is 23.2 Å². The number of nitrogens with one attached hydrogen (secondary N) is 1. The van der Waals surface area contributed by atoms with Crippen LogP contribution < -0.4 is 20.0 Å². The number of aromatic nitrogens is 4. The van der Waals surface area contributed by atoms with Gasteiger partial charge in [0.2, 0.25) is 0 Å². The Balaban J connectivity index is 1.10. The Bertz CT molecular complexity index is 1900. The molecule has 2 aromatic carbocycles. The summed E-state index contributed by atoms with van der Waals surface area (Å²) in [6, 6.07) is 13.5. The molecule has 252 valence electrons. The standard InChI is InChI=1S/C33H33Cl2N5O8/c34-18-3-8-22(9-4-18)47-33(45)39-12-11-23-24-13-19(35)5-10-25(24)36-27(23)28(39)17-1-6-21(7-2-17)46-16-20-14-40(38-37-20)32-31(44)30(43)29(42)26(15-41)48-32/h1-4,6-10,13-14,19,26,28-32,36,41-44H,5,11-12,15-16H2/t19?,26?,28-,29?,30?,31?,32?/m0/s1. The highest BCUT2D eigenvalue weighted by atomic mass is 35.5. The van der Waals surface area contributed by atoms with Gasteiger partial charge in [-0.15, -0.1) is 16.7 Å². The minimum Gasteiger partial charge on any atom is -0.487 e. The van der Waals surface area contributed by atoms with Crippen molar-refractivity contribution in [2.75, 3.05) is 13.2 Å². The molecule has 0 bridgehead atoms. The van der Waals surface area contributed by atoms with Crippen LogP contribution in [0.5, 0.6) is 11.5 Å². The van der Waals surface area contributed by atoms with E-state index in [1.165, 1.54) is 10.9 Å². The zero-order valence-corrected chi connectivity index (χ0v) is 26.9. The summed E-state index contributed by atoms with van der Waals surface area (Å²) < 4.78 is 18.5. The van der Waals surface area contributed by atoms with Gasteiger partial charge in [-0.2, -0.15) is 0 Å². The molecule has 0 radical (unpaired) electrons. The van der Waals surface area contributed by atoms with Crippen LogP contribution in [0, 0.1) is 0 Å². The quantitative estimate of drug-likeness (QED) is 0.178. The zero-order chi connectivity index (χ0) is 33.5. The predicted molar refractivity (Wildman–Crippen MR) is 173 cm³/mol. The summed E-state index contributed by atoms with van der Waals surface area (Å²) in [5.41, 5.74) is 3.27. The Hall–Kier alpha value is -3.95. The number of nitrogens with zero attached hydrogens (tertiary/aromatic N) is 4. The molecule has 0 saturated carbocycles. The van der Waals surface area contributed by atoms with Crippen molar-refractivity contribution in [2.24, 2.45) is 0 Å². The Labute approximate surface area is 284 Å². The van der Waals surface area contributed by atoms with Crippen molar-refractivity contribution in [3.8, 4) is 11.5 Å². The molecule has 1 fully saturated rings. The number of halogens is 2. The summed E-state index contributed by atoms with van der Waals surface area (Å²) in [6.45, 7) is -0.0986. The number of ether oxygens (including phenoxy) is 3. The van der Waals surface area contributed by atoms with E-state index >= 15 is 0 Å². The normalized spacial score (nSPS) is 26.5. The molecule has 13 nitrogen and oxygen atoms in total. The third-order valence-corrected chi connectivity index (χ3v) is 9.37. The second kappa shape index (κ2) is 13.5.